The van der Waals surface area contributed by atoms with Crippen LogP contribution in [0.5, 0.6) is 0 Å². The van der Waals surface area contributed by atoms with Crippen LogP contribution in [0.15, 0.2) is 18.3 Å². The van der Waals surface area contributed by atoms with Gasteiger partial charge in [-0.15, -0.1) is 11.3 Å². The van der Waals surface area contributed by atoms with E-state index in [9.17, 15) is 4.79 Å². The fourth-order valence-electron chi connectivity index (χ4n) is 1.33. The van der Waals surface area contributed by atoms with Gasteiger partial charge in [-0.05, 0) is 12.1 Å². The Morgan fingerprint density at radius 2 is 2.41 bits per heavy atom. The third-order valence-electron chi connectivity index (χ3n) is 2.30. The number of nitrogens with zero attached hydrogens (tertiary/aromatic N) is 2. The molecule has 0 unspecified atom stereocenters. The maximum absolute atomic E-state index is 11.7. The van der Waals surface area contributed by atoms with E-state index in [1.165, 1.54) is 11.3 Å². The number of nitrogens with two attached hydrogens (primary N) is 1. The number of hydrogen-bond donors (Lipinski definition) is 2. The van der Waals surface area contributed by atoms with Crippen molar-refractivity contribution in [2.75, 3.05) is 5.73 Å². The van der Waals surface area contributed by atoms with E-state index in [1.54, 1.807) is 30.1 Å². The Balaban J connectivity index is 1.99. The zero-order valence-corrected chi connectivity index (χ0v) is 10.7. The first kappa shape index (κ1) is 11.9. The van der Waals surface area contributed by atoms with Crippen LogP contribution >= 0.6 is 22.9 Å². The molecule has 0 saturated carbocycles. The van der Waals surface area contributed by atoms with Crippen LogP contribution in [-0.4, -0.2) is 15.7 Å². The van der Waals surface area contributed by atoms with Crippen LogP contribution in [0.1, 0.15) is 15.2 Å². The van der Waals surface area contributed by atoms with E-state index in [0.29, 0.717) is 21.6 Å². The number of hydrogen-bond acceptors (Lipinski definition) is 4. The number of amides is 1. The summed E-state index contributed by atoms with van der Waals surface area (Å²) in [6.07, 6.45) is 1.64. The molecule has 0 spiro atoms. The van der Waals surface area contributed by atoms with Gasteiger partial charge in [0.05, 0.1) is 15.4 Å². The molecule has 0 atom stereocenters. The lowest BCUT2D eigenvalue weighted by Gasteiger charge is -2.02. The summed E-state index contributed by atoms with van der Waals surface area (Å²) in [5.41, 5.74) is 6.56. The van der Waals surface area contributed by atoms with E-state index in [2.05, 4.69) is 10.4 Å². The van der Waals surface area contributed by atoms with Crippen LogP contribution in [0.3, 0.4) is 0 Å². The largest absolute Gasteiger partial charge is 0.384 e. The fraction of sp³-hybridized carbons (Fsp3) is 0.200. The monoisotopic (exact) mass is 270 g/mol. The highest BCUT2D eigenvalue weighted by molar-refractivity contribution is 7.17. The minimum absolute atomic E-state index is 0.162. The van der Waals surface area contributed by atoms with Gasteiger partial charge in [0.15, 0.2) is 0 Å². The highest BCUT2D eigenvalue weighted by Gasteiger charge is 2.10. The molecule has 90 valence electrons. The second-order valence-electron chi connectivity index (χ2n) is 3.47. The number of thiophene rings is 1. The Morgan fingerprint density at radius 1 is 1.65 bits per heavy atom. The normalized spacial score (nSPS) is 10.5. The minimum atomic E-state index is -0.162. The molecule has 0 aliphatic heterocycles. The van der Waals surface area contributed by atoms with E-state index in [-0.39, 0.29) is 5.91 Å². The Labute approximate surface area is 107 Å². The van der Waals surface area contributed by atoms with E-state index in [4.69, 9.17) is 17.3 Å². The summed E-state index contributed by atoms with van der Waals surface area (Å²) in [4.78, 5) is 12.3. The number of anilines is 1. The molecule has 2 aromatic rings. The smallest absolute Gasteiger partial charge is 0.261 e. The average Bonchev–Trinajstić information content (AvgIpc) is 2.86. The highest BCUT2D eigenvalue weighted by Crippen LogP contribution is 2.21. The average molecular weight is 271 g/mol. The van der Waals surface area contributed by atoms with Gasteiger partial charge < -0.3 is 11.1 Å². The third-order valence-corrected chi connectivity index (χ3v) is 3.53. The third kappa shape index (κ3) is 2.59. The molecule has 3 N–H and O–H groups in total. The number of nitrogens with one attached hydrogen (secondary N) is 1. The van der Waals surface area contributed by atoms with Crippen molar-refractivity contribution in [1.82, 2.24) is 15.1 Å². The SMILES string of the molecule is Cn1ncc(CNC(=O)c2ccc(Cl)s2)c1N. The van der Waals surface area contributed by atoms with Gasteiger partial charge in [-0.3, -0.25) is 9.48 Å². The van der Waals surface area contributed by atoms with Gasteiger partial charge in [-0.1, -0.05) is 11.6 Å². The Kier molecular flexibility index (Phi) is 3.35. The number of aromatic nitrogens is 2. The van der Waals surface area contributed by atoms with Gasteiger partial charge >= 0.3 is 0 Å². The highest BCUT2D eigenvalue weighted by atomic mass is 35.5. The van der Waals surface area contributed by atoms with Crippen molar-refractivity contribution in [3.05, 3.63) is 33.1 Å². The minimum Gasteiger partial charge on any atom is -0.384 e. The first-order valence-corrected chi connectivity index (χ1v) is 6.07. The molecule has 0 aromatic carbocycles. The predicted molar refractivity (Wildman–Crippen MR) is 68.1 cm³/mol. The zero-order valence-electron chi connectivity index (χ0n) is 9.11. The van der Waals surface area contributed by atoms with Crippen molar-refractivity contribution >= 4 is 34.7 Å². The van der Waals surface area contributed by atoms with Crippen LogP contribution in [0, 0.1) is 0 Å². The molecule has 0 aliphatic carbocycles. The van der Waals surface area contributed by atoms with Crippen LogP contribution in [0.4, 0.5) is 5.82 Å². The molecular formula is C10H11ClN4OS. The zero-order chi connectivity index (χ0) is 12.4. The number of carbonyl (C=O) groups excluding carboxylic acids is 1. The van der Waals surface area contributed by atoms with Crippen molar-refractivity contribution in [3.63, 3.8) is 0 Å². The summed E-state index contributed by atoms with van der Waals surface area (Å²) < 4.78 is 2.15. The maximum atomic E-state index is 11.7. The van der Waals surface area contributed by atoms with Crippen molar-refractivity contribution < 1.29 is 4.79 Å². The molecule has 1 amide bonds. The second-order valence-corrected chi connectivity index (χ2v) is 5.18. The van der Waals surface area contributed by atoms with E-state index < -0.39 is 0 Å². The molecule has 0 bridgehead atoms. The summed E-state index contributed by atoms with van der Waals surface area (Å²) in [7, 11) is 1.75. The number of nitrogen functional groups attached to an aromatic ring is 1. The first-order chi connectivity index (χ1) is 8.08. The van der Waals surface area contributed by atoms with E-state index in [0.717, 1.165) is 5.56 Å². The molecule has 2 aromatic heterocycles. The molecule has 2 rings (SSSR count). The van der Waals surface area contributed by atoms with Gasteiger partial charge in [0.25, 0.3) is 5.91 Å². The molecule has 5 nitrogen and oxygen atoms in total. The Hall–Kier alpha value is -1.53. The number of carbonyl (C=O) groups is 1. The lowest BCUT2D eigenvalue weighted by Crippen LogP contribution is -2.22. The predicted octanol–water partition coefficient (Wildman–Crippen LogP) is 1.65. The van der Waals surface area contributed by atoms with Gasteiger partial charge in [-0.2, -0.15) is 5.10 Å². The molecule has 0 aliphatic rings. The van der Waals surface area contributed by atoms with Crippen LogP contribution in [0.2, 0.25) is 4.34 Å². The van der Waals surface area contributed by atoms with Crippen molar-refractivity contribution in [3.8, 4) is 0 Å². The summed E-state index contributed by atoms with van der Waals surface area (Å²) in [5.74, 6) is 0.389. The summed E-state index contributed by atoms with van der Waals surface area (Å²) in [6.45, 7) is 0.355. The fourth-order valence-corrected chi connectivity index (χ4v) is 2.29. The lowest BCUT2D eigenvalue weighted by atomic mass is 10.3. The van der Waals surface area contributed by atoms with Crippen molar-refractivity contribution in [1.29, 1.82) is 0 Å². The summed E-state index contributed by atoms with van der Waals surface area (Å²) >= 11 is 7.00. The number of rotatable bonds is 3. The summed E-state index contributed by atoms with van der Waals surface area (Å²) in [6, 6.07) is 3.38. The van der Waals surface area contributed by atoms with Crippen LogP contribution in [-0.2, 0) is 13.6 Å². The van der Waals surface area contributed by atoms with Gasteiger partial charge in [0.2, 0.25) is 0 Å². The quantitative estimate of drug-likeness (QED) is 0.891. The first-order valence-electron chi connectivity index (χ1n) is 4.88. The maximum Gasteiger partial charge on any atom is 0.261 e. The molecule has 0 saturated heterocycles. The second kappa shape index (κ2) is 4.77. The standard InChI is InChI=1S/C10H11ClN4OS/c1-15-9(12)6(5-14-15)4-13-10(16)7-2-3-8(11)17-7/h2-3,5H,4,12H2,1H3,(H,13,16). The molecule has 0 radical (unpaired) electrons. The van der Waals surface area contributed by atoms with Crippen molar-refractivity contribution in [2.45, 2.75) is 6.54 Å². The van der Waals surface area contributed by atoms with Gasteiger partial charge in [-0.25, -0.2) is 0 Å². The molecular weight excluding hydrogens is 260 g/mol. The molecule has 2 heterocycles. The van der Waals surface area contributed by atoms with Crippen LogP contribution in [0.25, 0.3) is 0 Å². The van der Waals surface area contributed by atoms with E-state index >= 15 is 0 Å². The van der Waals surface area contributed by atoms with Gasteiger partial charge in [0, 0.05) is 19.2 Å². The topological polar surface area (TPSA) is 72.9 Å². The molecule has 7 heteroatoms. The van der Waals surface area contributed by atoms with Crippen molar-refractivity contribution in [2.24, 2.45) is 7.05 Å². The van der Waals surface area contributed by atoms with Gasteiger partial charge in [0.1, 0.15) is 5.82 Å². The Morgan fingerprint density at radius 3 is 2.94 bits per heavy atom. The number of halogens is 1. The number of aryl methyl sites for hydroxylation is 1. The summed E-state index contributed by atoms with van der Waals surface area (Å²) in [5, 5.41) is 6.76. The molecule has 0 fully saturated rings. The van der Waals surface area contributed by atoms with E-state index in [1.807, 2.05) is 0 Å². The Bertz CT molecular complexity index is 548. The molecule has 17 heavy (non-hydrogen) atoms. The lowest BCUT2D eigenvalue weighted by molar-refractivity contribution is 0.0955. The van der Waals surface area contributed by atoms with Crippen LogP contribution < -0.4 is 11.1 Å².